The van der Waals surface area contributed by atoms with E-state index in [4.69, 9.17) is 0 Å². The van der Waals surface area contributed by atoms with Crippen LogP contribution in [0.3, 0.4) is 0 Å². The maximum atomic E-state index is 13.8. The number of rotatable bonds is 4. The lowest BCUT2D eigenvalue weighted by Crippen LogP contribution is -2.40. The van der Waals surface area contributed by atoms with Gasteiger partial charge in [-0.2, -0.15) is 0 Å². The quantitative estimate of drug-likeness (QED) is 0.919. The highest BCUT2D eigenvalue weighted by Gasteiger charge is 2.36. The van der Waals surface area contributed by atoms with Crippen LogP contribution >= 0.6 is 11.8 Å². The minimum Gasteiger partial charge on any atom is -0.352 e. The number of hydrogen-bond acceptors (Lipinski definition) is 3. The van der Waals surface area contributed by atoms with Gasteiger partial charge in [0.05, 0.1) is 5.75 Å². The van der Waals surface area contributed by atoms with Crippen LogP contribution in [0.25, 0.3) is 0 Å². The molecule has 20 heavy (non-hydrogen) atoms. The lowest BCUT2D eigenvalue weighted by Gasteiger charge is -2.24. The number of carbonyl (C=O) groups is 2. The summed E-state index contributed by atoms with van der Waals surface area (Å²) in [6.45, 7) is 0.00132. The van der Waals surface area contributed by atoms with Crippen LogP contribution in [0.1, 0.15) is 23.8 Å². The fraction of sp³-hybridized carbons (Fsp3) is 0.429. The molecule has 4 nitrogen and oxygen atoms in total. The van der Waals surface area contributed by atoms with Crippen molar-refractivity contribution in [1.29, 1.82) is 0 Å². The molecular weight excluding hydrogens is 279 g/mol. The van der Waals surface area contributed by atoms with Crippen LogP contribution in [-0.4, -0.2) is 35.1 Å². The first-order valence-electron chi connectivity index (χ1n) is 6.60. The first kappa shape index (κ1) is 13.4. The third-order valence-corrected chi connectivity index (χ3v) is 4.63. The van der Waals surface area contributed by atoms with Gasteiger partial charge in [0.2, 0.25) is 11.8 Å². The van der Waals surface area contributed by atoms with Gasteiger partial charge in [-0.15, -0.1) is 11.8 Å². The fourth-order valence-electron chi connectivity index (χ4n) is 2.21. The van der Waals surface area contributed by atoms with Crippen LogP contribution < -0.4 is 5.32 Å². The van der Waals surface area contributed by atoms with Crippen molar-refractivity contribution >= 4 is 23.6 Å². The number of carbonyl (C=O) groups excluding carboxylic acids is 2. The largest absolute Gasteiger partial charge is 0.352 e. The predicted octanol–water partition coefficient (Wildman–Crippen LogP) is 1.68. The van der Waals surface area contributed by atoms with E-state index in [9.17, 15) is 14.0 Å². The van der Waals surface area contributed by atoms with Gasteiger partial charge in [-0.05, 0) is 18.9 Å². The van der Waals surface area contributed by atoms with Crippen LogP contribution in [0, 0.1) is 5.82 Å². The molecule has 3 rings (SSSR count). The van der Waals surface area contributed by atoms with Crippen molar-refractivity contribution in [3.05, 3.63) is 35.6 Å². The van der Waals surface area contributed by atoms with E-state index in [0.717, 1.165) is 12.8 Å². The van der Waals surface area contributed by atoms with Crippen molar-refractivity contribution in [1.82, 2.24) is 10.2 Å². The highest BCUT2D eigenvalue weighted by Crippen LogP contribution is 2.39. The van der Waals surface area contributed by atoms with E-state index in [1.165, 1.54) is 22.7 Å². The highest BCUT2D eigenvalue weighted by molar-refractivity contribution is 8.00. The van der Waals surface area contributed by atoms with Gasteiger partial charge in [0.1, 0.15) is 17.7 Å². The average Bonchev–Trinajstić information content (AvgIpc) is 3.16. The number of amides is 2. The van der Waals surface area contributed by atoms with Crippen molar-refractivity contribution in [3.63, 3.8) is 0 Å². The molecule has 1 heterocycles. The van der Waals surface area contributed by atoms with E-state index >= 15 is 0 Å². The topological polar surface area (TPSA) is 49.4 Å². The lowest BCUT2D eigenvalue weighted by molar-refractivity contribution is -0.133. The van der Waals surface area contributed by atoms with E-state index < -0.39 is 5.37 Å². The Morgan fingerprint density at radius 3 is 2.85 bits per heavy atom. The van der Waals surface area contributed by atoms with E-state index in [2.05, 4.69) is 5.32 Å². The Morgan fingerprint density at radius 1 is 1.40 bits per heavy atom. The van der Waals surface area contributed by atoms with E-state index in [1.54, 1.807) is 18.2 Å². The zero-order chi connectivity index (χ0) is 14.1. The minimum absolute atomic E-state index is 0.00132. The van der Waals surface area contributed by atoms with Crippen molar-refractivity contribution in [2.45, 2.75) is 24.3 Å². The van der Waals surface area contributed by atoms with E-state index in [-0.39, 0.29) is 36.0 Å². The first-order valence-corrected chi connectivity index (χ1v) is 7.65. The molecule has 2 amide bonds. The molecule has 0 bridgehead atoms. The molecule has 106 valence electrons. The third-order valence-electron chi connectivity index (χ3n) is 3.40. The Bertz CT molecular complexity index is 548. The summed E-state index contributed by atoms with van der Waals surface area (Å²) in [5.74, 6) is -0.332. The van der Waals surface area contributed by atoms with Gasteiger partial charge < -0.3 is 10.2 Å². The SMILES string of the molecule is O=C(CN1C(=O)CS[C@@H]1c1ccccc1F)NC1CC1. The molecule has 1 atom stereocenters. The van der Waals surface area contributed by atoms with Crippen LogP contribution in [0.2, 0.25) is 0 Å². The summed E-state index contributed by atoms with van der Waals surface area (Å²) in [5, 5.41) is 2.44. The number of benzene rings is 1. The summed E-state index contributed by atoms with van der Waals surface area (Å²) < 4.78 is 13.8. The number of thioether (sulfide) groups is 1. The molecular formula is C14H15FN2O2S. The monoisotopic (exact) mass is 294 g/mol. The van der Waals surface area contributed by atoms with Gasteiger partial charge >= 0.3 is 0 Å². The van der Waals surface area contributed by atoms with Crippen LogP contribution in [0.5, 0.6) is 0 Å². The lowest BCUT2D eigenvalue weighted by atomic mass is 10.2. The van der Waals surface area contributed by atoms with Crippen LogP contribution in [0.15, 0.2) is 24.3 Å². The van der Waals surface area contributed by atoms with Gasteiger partial charge in [0, 0.05) is 11.6 Å². The average molecular weight is 294 g/mol. The zero-order valence-electron chi connectivity index (χ0n) is 10.8. The second-order valence-electron chi connectivity index (χ2n) is 5.05. The van der Waals surface area contributed by atoms with E-state index in [1.807, 2.05) is 0 Å². The molecule has 0 radical (unpaired) electrons. The molecule has 0 unspecified atom stereocenters. The number of nitrogens with zero attached hydrogens (tertiary/aromatic N) is 1. The molecule has 1 aromatic rings. The number of nitrogens with one attached hydrogen (secondary N) is 1. The van der Waals surface area contributed by atoms with Crippen molar-refractivity contribution in [2.75, 3.05) is 12.3 Å². The first-order chi connectivity index (χ1) is 9.65. The van der Waals surface area contributed by atoms with Crippen molar-refractivity contribution in [2.24, 2.45) is 0 Å². The zero-order valence-corrected chi connectivity index (χ0v) is 11.7. The normalized spacial score (nSPS) is 22.1. The standard InChI is InChI=1S/C14H15FN2O2S/c15-11-4-2-1-3-10(11)14-17(13(19)8-20-14)7-12(18)16-9-5-6-9/h1-4,9,14H,5-8H2,(H,16,18)/t14-/m1/s1. The Morgan fingerprint density at radius 2 is 2.15 bits per heavy atom. The summed E-state index contributed by atoms with van der Waals surface area (Å²) in [6, 6.07) is 6.66. The third kappa shape index (κ3) is 2.80. The van der Waals surface area contributed by atoms with Gasteiger partial charge in [-0.25, -0.2) is 4.39 Å². The highest BCUT2D eigenvalue weighted by atomic mass is 32.2. The molecule has 6 heteroatoms. The van der Waals surface area contributed by atoms with Gasteiger partial charge in [0.25, 0.3) is 0 Å². The number of halogens is 1. The molecule has 0 aromatic heterocycles. The Kier molecular flexibility index (Phi) is 3.65. The molecule has 2 aliphatic rings. The summed E-state index contributed by atoms with van der Waals surface area (Å²) in [4.78, 5) is 25.2. The Hall–Kier alpha value is -1.56. The van der Waals surface area contributed by atoms with Crippen molar-refractivity contribution in [3.8, 4) is 0 Å². The Labute approximate surface area is 120 Å². The summed E-state index contributed by atoms with van der Waals surface area (Å²) in [7, 11) is 0. The molecule has 1 aliphatic heterocycles. The molecule has 1 aliphatic carbocycles. The summed E-state index contributed by atoms with van der Waals surface area (Å²) in [5.41, 5.74) is 0.461. The second kappa shape index (κ2) is 5.44. The molecule has 0 spiro atoms. The Balaban J connectivity index is 1.74. The maximum absolute atomic E-state index is 13.8. The fourth-order valence-corrected chi connectivity index (χ4v) is 3.42. The van der Waals surface area contributed by atoms with Gasteiger partial charge in [-0.1, -0.05) is 18.2 Å². The van der Waals surface area contributed by atoms with E-state index in [0.29, 0.717) is 5.56 Å². The van der Waals surface area contributed by atoms with Gasteiger partial charge in [0.15, 0.2) is 0 Å². The molecule has 1 aromatic carbocycles. The smallest absolute Gasteiger partial charge is 0.239 e. The molecule has 1 saturated carbocycles. The number of hydrogen-bond donors (Lipinski definition) is 1. The molecule has 1 N–H and O–H groups in total. The van der Waals surface area contributed by atoms with Crippen LogP contribution in [-0.2, 0) is 9.59 Å². The molecule has 2 fully saturated rings. The van der Waals surface area contributed by atoms with Gasteiger partial charge in [-0.3, -0.25) is 9.59 Å². The minimum atomic E-state index is -0.409. The summed E-state index contributed by atoms with van der Waals surface area (Å²) >= 11 is 1.36. The summed E-state index contributed by atoms with van der Waals surface area (Å²) in [6.07, 6.45) is 2.01. The second-order valence-corrected chi connectivity index (χ2v) is 6.12. The predicted molar refractivity (Wildman–Crippen MR) is 74.5 cm³/mol. The molecule has 1 saturated heterocycles. The van der Waals surface area contributed by atoms with Crippen LogP contribution in [0.4, 0.5) is 4.39 Å². The van der Waals surface area contributed by atoms with Crippen molar-refractivity contribution < 1.29 is 14.0 Å². The maximum Gasteiger partial charge on any atom is 0.239 e.